The van der Waals surface area contributed by atoms with Gasteiger partial charge in [0.15, 0.2) is 0 Å². The zero-order valence-corrected chi connectivity index (χ0v) is 14.2. The number of hydrogen-bond donors (Lipinski definition) is 0. The zero-order chi connectivity index (χ0) is 16.6. The van der Waals surface area contributed by atoms with Crippen molar-refractivity contribution in [3.05, 3.63) is 35.9 Å². The summed E-state index contributed by atoms with van der Waals surface area (Å²) in [4.78, 5) is 29.8. The van der Waals surface area contributed by atoms with Crippen molar-refractivity contribution in [2.75, 3.05) is 26.2 Å². The molecule has 4 rings (SSSR count). The molecule has 24 heavy (non-hydrogen) atoms. The molecule has 3 fully saturated rings. The van der Waals surface area contributed by atoms with E-state index in [1.165, 1.54) is 0 Å². The van der Waals surface area contributed by atoms with Gasteiger partial charge in [0.05, 0.1) is 11.3 Å². The van der Waals surface area contributed by atoms with Gasteiger partial charge in [0, 0.05) is 26.2 Å². The molecule has 0 radical (unpaired) electrons. The lowest BCUT2D eigenvalue weighted by Crippen LogP contribution is -2.49. The molecule has 2 saturated heterocycles. The molecular formula is C20H26N2O2. The Morgan fingerprint density at radius 1 is 0.917 bits per heavy atom. The number of likely N-dealkylation sites (tertiary alicyclic amines) is 2. The van der Waals surface area contributed by atoms with E-state index in [1.807, 2.05) is 28.0 Å². The summed E-state index contributed by atoms with van der Waals surface area (Å²) in [5.74, 6) is 0.523. The van der Waals surface area contributed by atoms with Crippen molar-refractivity contribution in [1.82, 2.24) is 9.80 Å². The third-order valence-corrected chi connectivity index (χ3v) is 5.96. The Morgan fingerprint density at radius 3 is 2.25 bits per heavy atom. The van der Waals surface area contributed by atoms with Crippen molar-refractivity contribution < 1.29 is 9.59 Å². The van der Waals surface area contributed by atoms with Crippen LogP contribution in [-0.2, 0) is 15.0 Å². The standard InChI is InChI=1S/C20H26N2O2/c23-18(21-12-4-5-13-21)16-7-6-14-22(15-16)19(24)20(10-11-20)17-8-2-1-3-9-17/h1-3,8-9,16H,4-7,10-15H2/t16-/m1/s1. The van der Waals surface area contributed by atoms with Gasteiger partial charge in [-0.05, 0) is 44.1 Å². The first-order valence-corrected chi connectivity index (χ1v) is 9.34. The molecule has 1 aromatic rings. The average molecular weight is 326 g/mol. The lowest BCUT2D eigenvalue weighted by Gasteiger charge is -2.36. The van der Waals surface area contributed by atoms with Crippen LogP contribution in [0.2, 0.25) is 0 Å². The summed E-state index contributed by atoms with van der Waals surface area (Å²) < 4.78 is 0. The van der Waals surface area contributed by atoms with Gasteiger partial charge in [0.2, 0.25) is 11.8 Å². The highest BCUT2D eigenvalue weighted by Gasteiger charge is 2.53. The van der Waals surface area contributed by atoms with Gasteiger partial charge >= 0.3 is 0 Å². The van der Waals surface area contributed by atoms with Crippen LogP contribution in [0.3, 0.4) is 0 Å². The van der Waals surface area contributed by atoms with E-state index < -0.39 is 0 Å². The molecule has 2 heterocycles. The van der Waals surface area contributed by atoms with Crippen LogP contribution >= 0.6 is 0 Å². The van der Waals surface area contributed by atoms with E-state index in [9.17, 15) is 9.59 Å². The van der Waals surface area contributed by atoms with E-state index in [1.54, 1.807) is 0 Å². The van der Waals surface area contributed by atoms with Crippen LogP contribution in [0.1, 0.15) is 44.1 Å². The van der Waals surface area contributed by atoms with E-state index >= 15 is 0 Å². The Kier molecular flexibility index (Phi) is 4.07. The highest BCUT2D eigenvalue weighted by Crippen LogP contribution is 2.50. The first-order chi connectivity index (χ1) is 11.7. The SMILES string of the molecule is O=C([C@@H]1CCCN(C(=O)C2(c3ccccc3)CC2)C1)N1CCCC1. The Morgan fingerprint density at radius 2 is 1.58 bits per heavy atom. The van der Waals surface area contributed by atoms with Crippen LogP contribution in [-0.4, -0.2) is 47.8 Å². The molecule has 4 heteroatoms. The minimum Gasteiger partial charge on any atom is -0.342 e. The van der Waals surface area contributed by atoms with Crippen molar-refractivity contribution in [1.29, 1.82) is 0 Å². The summed E-state index contributed by atoms with van der Waals surface area (Å²) in [5, 5.41) is 0. The third kappa shape index (κ3) is 2.72. The van der Waals surface area contributed by atoms with Crippen LogP contribution in [0.15, 0.2) is 30.3 Å². The maximum atomic E-state index is 13.2. The van der Waals surface area contributed by atoms with Crippen molar-refractivity contribution in [2.45, 2.75) is 43.9 Å². The maximum Gasteiger partial charge on any atom is 0.233 e. The van der Waals surface area contributed by atoms with Crippen LogP contribution in [0.5, 0.6) is 0 Å². The number of benzene rings is 1. The molecule has 0 spiro atoms. The molecule has 2 amide bonds. The molecular weight excluding hydrogens is 300 g/mol. The fraction of sp³-hybridized carbons (Fsp3) is 0.600. The number of nitrogens with zero attached hydrogens (tertiary/aromatic N) is 2. The largest absolute Gasteiger partial charge is 0.342 e. The second-order valence-corrected chi connectivity index (χ2v) is 7.57. The van der Waals surface area contributed by atoms with Crippen molar-refractivity contribution >= 4 is 11.8 Å². The minimum absolute atomic E-state index is 0.00683. The first-order valence-electron chi connectivity index (χ1n) is 9.34. The van der Waals surface area contributed by atoms with E-state index in [4.69, 9.17) is 0 Å². The molecule has 3 aliphatic rings. The monoisotopic (exact) mass is 326 g/mol. The van der Waals surface area contributed by atoms with Gasteiger partial charge in [-0.15, -0.1) is 0 Å². The number of carbonyl (C=O) groups is 2. The van der Waals surface area contributed by atoms with Gasteiger partial charge in [0.25, 0.3) is 0 Å². The molecule has 0 bridgehead atoms. The summed E-state index contributed by atoms with van der Waals surface area (Å²) in [6.45, 7) is 3.22. The fourth-order valence-electron chi connectivity index (χ4n) is 4.37. The van der Waals surface area contributed by atoms with Gasteiger partial charge in [0.1, 0.15) is 0 Å². The fourth-order valence-corrected chi connectivity index (χ4v) is 4.37. The topological polar surface area (TPSA) is 40.6 Å². The molecule has 1 saturated carbocycles. The highest BCUT2D eigenvalue weighted by molar-refractivity contribution is 5.92. The van der Waals surface area contributed by atoms with Crippen molar-refractivity contribution in [2.24, 2.45) is 5.92 Å². The van der Waals surface area contributed by atoms with Gasteiger partial charge in [-0.3, -0.25) is 9.59 Å². The molecule has 2 aliphatic heterocycles. The highest BCUT2D eigenvalue weighted by atomic mass is 16.2. The van der Waals surface area contributed by atoms with Crippen LogP contribution in [0, 0.1) is 5.92 Å². The molecule has 128 valence electrons. The predicted molar refractivity (Wildman–Crippen MR) is 92.5 cm³/mol. The molecule has 4 nitrogen and oxygen atoms in total. The van der Waals surface area contributed by atoms with E-state index in [-0.39, 0.29) is 23.1 Å². The smallest absolute Gasteiger partial charge is 0.233 e. The number of amides is 2. The van der Waals surface area contributed by atoms with Gasteiger partial charge in [-0.1, -0.05) is 30.3 Å². The van der Waals surface area contributed by atoms with Crippen molar-refractivity contribution in [3.8, 4) is 0 Å². The zero-order valence-electron chi connectivity index (χ0n) is 14.2. The lowest BCUT2D eigenvalue weighted by atomic mass is 9.91. The molecule has 0 N–H and O–H groups in total. The summed E-state index contributed by atoms with van der Waals surface area (Å²) >= 11 is 0. The molecule has 1 aromatic carbocycles. The molecule has 1 aliphatic carbocycles. The summed E-state index contributed by atoms with van der Waals surface area (Å²) in [5.41, 5.74) is 0.836. The Labute approximate surface area is 143 Å². The normalized spacial score (nSPS) is 25.6. The average Bonchev–Trinajstić information content (AvgIpc) is 3.28. The van der Waals surface area contributed by atoms with Crippen molar-refractivity contribution in [3.63, 3.8) is 0 Å². The molecule has 1 atom stereocenters. The summed E-state index contributed by atoms with van der Waals surface area (Å²) in [6.07, 6.45) is 6.00. The number of hydrogen-bond acceptors (Lipinski definition) is 2. The quantitative estimate of drug-likeness (QED) is 0.856. The van der Waals surface area contributed by atoms with Gasteiger partial charge in [-0.25, -0.2) is 0 Å². The third-order valence-electron chi connectivity index (χ3n) is 5.96. The number of rotatable bonds is 3. The number of carbonyl (C=O) groups excluding carboxylic acids is 2. The Bertz CT molecular complexity index is 618. The Hall–Kier alpha value is -1.84. The second kappa shape index (κ2) is 6.23. The van der Waals surface area contributed by atoms with E-state index in [2.05, 4.69) is 12.1 Å². The van der Waals surface area contributed by atoms with Crippen LogP contribution in [0.4, 0.5) is 0 Å². The minimum atomic E-state index is -0.306. The maximum absolute atomic E-state index is 13.2. The van der Waals surface area contributed by atoms with E-state index in [0.717, 1.165) is 63.7 Å². The lowest BCUT2D eigenvalue weighted by molar-refractivity contribution is -0.141. The van der Waals surface area contributed by atoms with E-state index in [0.29, 0.717) is 6.54 Å². The number of piperidine rings is 1. The van der Waals surface area contributed by atoms with Gasteiger partial charge in [-0.2, -0.15) is 0 Å². The predicted octanol–water partition coefficient (Wildman–Crippen LogP) is 2.58. The summed E-state index contributed by atoms with van der Waals surface area (Å²) in [7, 11) is 0. The molecule has 0 aromatic heterocycles. The summed E-state index contributed by atoms with van der Waals surface area (Å²) in [6, 6.07) is 10.2. The van der Waals surface area contributed by atoms with Gasteiger partial charge < -0.3 is 9.80 Å². The Balaban J connectivity index is 1.46. The van der Waals surface area contributed by atoms with Crippen LogP contribution in [0.25, 0.3) is 0 Å². The van der Waals surface area contributed by atoms with Crippen LogP contribution < -0.4 is 0 Å². The second-order valence-electron chi connectivity index (χ2n) is 7.57. The molecule has 0 unspecified atom stereocenters. The first kappa shape index (κ1) is 15.7.